The summed E-state index contributed by atoms with van der Waals surface area (Å²) in [6.07, 6.45) is 0.926. The number of rotatable bonds is 4. The molecule has 1 aliphatic heterocycles. The Morgan fingerprint density at radius 2 is 2.18 bits per heavy atom. The van der Waals surface area contributed by atoms with Crippen molar-refractivity contribution in [2.75, 3.05) is 6.54 Å². The number of amides is 1. The molecule has 3 rings (SSSR count). The number of carbonyl (C=O) groups is 1. The lowest BCUT2D eigenvalue weighted by Crippen LogP contribution is -2.39. The highest BCUT2D eigenvalue weighted by Crippen LogP contribution is 2.27. The smallest absolute Gasteiger partial charge is 0.237 e. The van der Waals surface area contributed by atoms with Crippen molar-refractivity contribution in [3.05, 3.63) is 41.0 Å². The zero-order chi connectivity index (χ0) is 15.5. The fourth-order valence-electron chi connectivity index (χ4n) is 2.78. The quantitative estimate of drug-likeness (QED) is 0.912. The molecule has 116 valence electrons. The minimum atomic E-state index is -0.0332. The maximum Gasteiger partial charge on any atom is 0.237 e. The van der Waals surface area contributed by atoms with E-state index < -0.39 is 0 Å². The van der Waals surface area contributed by atoms with Crippen molar-refractivity contribution < 1.29 is 4.79 Å². The minimum absolute atomic E-state index is 0.0332. The molecule has 2 atom stereocenters. The van der Waals surface area contributed by atoms with E-state index >= 15 is 0 Å². The molecular weight excluding hydrogens is 294 g/mol. The maximum atomic E-state index is 12.1. The maximum absolute atomic E-state index is 12.1. The van der Waals surface area contributed by atoms with Gasteiger partial charge in [0.1, 0.15) is 0 Å². The summed E-state index contributed by atoms with van der Waals surface area (Å²) < 4.78 is 0. The van der Waals surface area contributed by atoms with Crippen molar-refractivity contribution >= 4 is 17.2 Å². The van der Waals surface area contributed by atoms with E-state index in [0.717, 1.165) is 24.2 Å². The Bertz CT molecular complexity index is 650. The zero-order valence-electron chi connectivity index (χ0n) is 12.9. The van der Waals surface area contributed by atoms with E-state index in [0.29, 0.717) is 12.5 Å². The fraction of sp³-hybridized carbons (Fsp3) is 0.412. The summed E-state index contributed by atoms with van der Waals surface area (Å²) in [7, 11) is 0. The SMILES string of the molecule is Cc1ncsc1-c1ccc(CNC(=O)[C@@H]2C[C@@H](C)CN2)cc1. The molecule has 0 bridgehead atoms. The van der Waals surface area contributed by atoms with E-state index in [1.165, 1.54) is 10.4 Å². The van der Waals surface area contributed by atoms with Crippen LogP contribution in [0.5, 0.6) is 0 Å². The zero-order valence-corrected chi connectivity index (χ0v) is 13.7. The Morgan fingerprint density at radius 1 is 1.41 bits per heavy atom. The van der Waals surface area contributed by atoms with Gasteiger partial charge in [0, 0.05) is 6.54 Å². The first kappa shape index (κ1) is 15.2. The summed E-state index contributed by atoms with van der Waals surface area (Å²) >= 11 is 1.65. The van der Waals surface area contributed by atoms with Gasteiger partial charge in [-0.1, -0.05) is 31.2 Å². The summed E-state index contributed by atoms with van der Waals surface area (Å²) in [6, 6.07) is 8.29. The lowest BCUT2D eigenvalue weighted by molar-refractivity contribution is -0.123. The van der Waals surface area contributed by atoms with Crippen molar-refractivity contribution in [2.45, 2.75) is 32.9 Å². The highest BCUT2D eigenvalue weighted by molar-refractivity contribution is 7.13. The van der Waals surface area contributed by atoms with Crippen molar-refractivity contribution in [3.8, 4) is 10.4 Å². The van der Waals surface area contributed by atoms with Crippen LogP contribution in [0.3, 0.4) is 0 Å². The van der Waals surface area contributed by atoms with Crippen molar-refractivity contribution in [1.29, 1.82) is 0 Å². The highest BCUT2D eigenvalue weighted by Gasteiger charge is 2.26. The van der Waals surface area contributed by atoms with Crippen molar-refractivity contribution in [1.82, 2.24) is 15.6 Å². The molecule has 0 unspecified atom stereocenters. The third-order valence-corrected chi connectivity index (χ3v) is 5.07. The number of aromatic nitrogens is 1. The van der Waals surface area contributed by atoms with Gasteiger partial charge in [0.05, 0.1) is 22.1 Å². The summed E-state index contributed by atoms with van der Waals surface area (Å²) in [5.74, 6) is 0.685. The Morgan fingerprint density at radius 3 is 2.77 bits per heavy atom. The molecule has 0 radical (unpaired) electrons. The topological polar surface area (TPSA) is 54.0 Å². The molecule has 2 N–H and O–H groups in total. The number of carbonyl (C=O) groups excluding carboxylic acids is 1. The molecule has 0 spiro atoms. The molecule has 1 aliphatic rings. The van der Waals surface area contributed by atoms with Crippen LogP contribution >= 0.6 is 11.3 Å². The average Bonchev–Trinajstić information content (AvgIpc) is 3.14. The van der Waals surface area contributed by atoms with Crippen LogP contribution in [0.2, 0.25) is 0 Å². The Labute approximate surface area is 135 Å². The van der Waals surface area contributed by atoms with E-state index in [4.69, 9.17) is 0 Å². The van der Waals surface area contributed by atoms with Crippen molar-refractivity contribution in [2.24, 2.45) is 5.92 Å². The first-order chi connectivity index (χ1) is 10.6. The summed E-state index contributed by atoms with van der Waals surface area (Å²) in [6.45, 7) is 5.70. The number of hydrogen-bond donors (Lipinski definition) is 2. The molecule has 1 amide bonds. The van der Waals surface area contributed by atoms with Crippen LogP contribution in [0, 0.1) is 12.8 Å². The molecule has 5 heteroatoms. The number of nitrogens with one attached hydrogen (secondary N) is 2. The summed E-state index contributed by atoms with van der Waals surface area (Å²) in [4.78, 5) is 17.6. The van der Waals surface area contributed by atoms with E-state index in [1.54, 1.807) is 11.3 Å². The lowest BCUT2D eigenvalue weighted by Gasteiger charge is -2.11. The van der Waals surface area contributed by atoms with Crippen LogP contribution in [0.4, 0.5) is 0 Å². The van der Waals surface area contributed by atoms with Crippen molar-refractivity contribution in [3.63, 3.8) is 0 Å². The first-order valence-electron chi connectivity index (χ1n) is 7.64. The Hall–Kier alpha value is -1.72. The van der Waals surface area contributed by atoms with Crippen LogP contribution in [-0.4, -0.2) is 23.5 Å². The van der Waals surface area contributed by atoms with Crippen LogP contribution in [-0.2, 0) is 11.3 Å². The van der Waals surface area contributed by atoms with Crippen LogP contribution in [0.15, 0.2) is 29.8 Å². The summed E-state index contributed by atoms with van der Waals surface area (Å²) in [5, 5.41) is 6.27. The van der Waals surface area contributed by atoms with E-state index in [-0.39, 0.29) is 11.9 Å². The standard InChI is InChI=1S/C17H21N3OS/c1-11-7-15(18-8-11)17(21)19-9-13-3-5-14(6-4-13)16-12(2)20-10-22-16/h3-6,10-11,15,18H,7-9H2,1-2H3,(H,19,21)/t11-,15+/m1/s1. The van der Waals surface area contributed by atoms with E-state index in [1.807, 2.05) is 12.4 Å². The number of hydrogen-bond acceptors (Lipinski definition) is 4. The summed E-state index contributed by atoms with van der Waals surface area (Å²) in [5.41, 5.74) is 5.23. The molecule has 4 nitrogen and oxygen atoms in total. The lowest BCUT2D eigenvalue weighted by atomic mass is 10.1. The number of aryl methyl sites for hydroxylation is 1. The number of benzene rings is 1. The second-order valence-electron chi connectivity index (χ2n) is 5.98. The molecule has 1 aromatic heterocycles. The second kappa shape index (κ2) is 6.58. The van der Waals surface area contributed by atoms with Gasteiger partial charge in [-0.25, -0.2) is 4.98 Å². The third kappa shape index (κ3) is 3.36. The second-order valence-corrected chi connectivity index (χ2v) is 6.84. The van der Waals surface area contributed by atoms with Gasteiger partial charge in [-0.2, -0.15) is 0 Å². The van der Waals surface area contributed by atoms with Crippen LogP contribution < -0.4 is 10.6 Å². The van der Waals surface area contributed by atoms with Gasteiger partial charge in [0.15, 0.2) is 0 Å². The largest absolute Gasteiger partial charge is 0.351 e. The molecule has 2 aromatic rings. The molecule has 1 fully saturated rings. The van der Waals surface area contributed by atoms with E-state index in [2.05, 4.69) is 46.8 Å². The van der Waals surface area contributed by atoms with Crippen LogP contribution in [0.25, 0.3) is 10.4 Å². The molecule has 1 aromatic carbocycles. The predicted molar refractivity (Wildman–Crippen MR) is 89.7 cm³/mol. The normalized spacial score (nSPS) is 21.0. The average molecular weight is 315 g/mol. The first-order valence-corrected chi connectivity index (χ1v) is 8.52. The third-order valence-electron chi connectivity index (χ3n) is 4.10. The predicted octanol–water partition coefficient (Wildman–Crippen LogP) is 2.73. The monoisotopic (exact) mass is 315 g/mol. The van der Waals surface area contributed by atoms with Gasteiger partial charge < -0.3 is 10.6 Å². The number of nitrogens with zero attached hydrogens (tertiary/aromatic N) is 1. The Balaban J connectivity index is 1.57. The number of thiazole rings is 1. The highest BCUT2D eigenvalue weighted by atomic mass is 32.1. The van der Waals surface area contributed by atoms with Gasteiger partial charge in [-0.15, -0.1) is 11.3 Å². The fourth-order valence-corrected chi connectivity index (χ4v) is 3.59. The van der Waals surface area contributed by atoms with Crippen LogP contribution in [0.1, 0.15) is 24.6 Å². The van der Waals surface area contributed by atoms with Gasteiger partial charge in [0.25, 0.3) is 0 Å². The van der Waals surface area contributed by atoms with Gasteiger partial charge in [0.2, 0.25) is 5.91 Å². The molecular formula is C17H21N3OS. The molecule has 22 heavy (non-hydrogen) atoms. The molecule has 0 aliphatic carbocycles. The van der Waals surface area contributed by atoms with Gasteiger partial charge >= 0.3 is 0 Å². The Kier molecular flexibility index (Phi) is 4.55. The minimum Gasteiger partial charge on any atom is -0.351 e. The van der Waals surface area contributed by atoms with E-state index in [9.17, 15) is 4.79 Å². The molecule has 1 saturated heterocycles. The molecule has 2 heterocycles. The molecule has 0 saturated carbocycles. The van der Waals surface area contributed by atoms with Gasteiger partial charge in [-0.05, 0) is 36.9 Å². The van der Waals surface area contributed by atoms with Gasteiger partial charge in [-0.3, -0.25) is 4.79 Å².